The first kappa shape index (κ1) is 17.8. The highest BCUT2D eigenvalue weighted by Gasteiger charge is 2.37. The molecule has 4 nitrogen and oxygen atoms in total. The molecule has 0 spiro atoms. The molecule has 1 aromatic carbocycles. The first-order valence-electron chi connectivity index (χ1n) is 7.39. The SMILES string of the molecule is CC1=C(C)CC(C(=O)NCc2ccc(Cl)c(Cl)c2)C(C(=O)O)C1. The zero-order chi connectivity index (χ0) is 17.1. The minimum atomic E-state index is -0.925. The third-order valence-corrected chi connectivity index (χ3v) is 5.11. The lowest BCUT2D eigenvalue weighted by Crippen LogP contribution is -2.39. The number of carbonyl (C=O) groups excluding carboxylic acids is 1. The van der Waals surface area contributed by atoms with E-state index in [4.69, 9.17) is 23.2 Å². The summed E-state index contributed by atoms with van der Waals surface area (Å²) in [7, 11) is 0. The number of halogens is 2. The van der Waals surface area contributed by atoms with Crippen molar-refractivity contribution in [1.29, 1.82) is 0 Å². The molecule has 2 atom stereocenters. The highest BCUT2D eigenvalue weighted by molar-refractivity contribution is 6.42. The fourth-order valence-corrected chi connectivity index (χ4v) is 3.12. The molecule has 1 aliphatic rings. The number of nitrogens with one attached hydrogen (secondary N) is 1. The lowest BCUT2D eigenvalue weighted by Gasteiger charge is -2.29. The Morgan fingerprint density at radius 1 is 1.13 bits per heavy atom. The molecular formula is C17H19Cl2NO3. The summed E-state index contributed by atoms with van der Waals surface area (Å²) < 4.78 is 0. The van der Waals surface area contributed by atoms with Crippen LogP contribution in [0.4, 0.5) is 0 Å². The summed E-state index contributed by atoms with van der Waals surface area (Å²) in [6.07, 6.45) is 0.905. The van der Waals surface area contributed by atoms with Crippen LogP contribution < -0.4 is 5.32 Å². The standard InChI is InChI=1S/C17H19Cl2NO3/c1-9-5-12(13(17(22)23)6-10(9)2)16(21)20-8-11-3-4-14(18)15(19)7-11/h3-4,7,12-13H,5-6,8H2,1-2H3,(H,20,21)(H,22,23). The van der Waals surface area contributed by atoms with Gasteiger partial charge in [0.05, 0.1) is 21.9 Å². The number of amides is 1. The van der Waals surface area contributed by atoms with E-state index < -0.39 is 17.8 Å². The molecule has 0 aliphatic heterocycles. The predicted molar refractivity (Wildman–Crippen MR) is 90.5 cm³/mol. The normalized spacial score (nSPS) is 21.2. The minimum Gasteiger partial charge on any atom is -0.481 e. The number of carboxylic acids is 1. The molecule has 0 heterocycles. The van der Waals surface area contributed by atoms with Crippen LogP contribution in [0.2, 0.25) is 10.0 Å². The van der Waals surface area contributed by atoms with Crippen LogP contribution in [0.15, 0.2) is 29.3 Å². The maximum atomic E-state index is 12.4. The number of hydrogen-bond acceptors (Lipinski definition) is 2. The topological polar surface area (TPSA) is 66.4 Å². The van der Waals surface area contributed by atoms with E-state index in [0.717, 1.165) is 16.7 Å². The van der Waals surface area contributed by atoms with E-state index in [1.807, 2.05) is 13.8 Å². The van der Waals surface area contributed by atoms with Crippen LogP contribution in [0.3, 0.4) is 0 Å². The van der Waals surface area contributed by atoms with E-state index >= 15 is 0 Å². The Morgan fingerprint density at radius 2 is 1.74 bits per heavy atom. The summed E-state index contributed by atoms with van der Waals surface area (Å²) in [5.74, 6) is -2.38. The number of aliphatic carboxylic acids is 1. The number of carbonyl (C=O) groups is 2. The summed E-state index contributed by atoms with van der Waals surface area (Å²) in [6, 6.07) is 5.14. The Balaban J connectivity index is 2.06. The monoisotopic (exact) mass is 355 g/mol. The van der Waals surface area contributed by atoms with Crippen LogP contribution in [0.5, 0.6) is 0 Å². The summed E-state index contributed by atoms with van der Waals surface area (Å²) in [4.78, 5) is 23.9. The highest BCUT2D eigenvalue weighted by atomic mass is 35.5. The van der Waals surface area contributed by atoms with Gasteiger partial charge in [-0.15, -0.1) is 0 Å². The number of rotatable bonds is 4. The van der Waals surface area contributed by atoms with Gasteiger partial charge in [-0.25, -0.2) is 0 Å². The molecule has 0 saturated heterocycles. The molecule has 1 aliphatic carbocycles. The van der Waals surface area contributed by atoms with Crippen LogP contribution in [0, 0.1) is 11.8 Å². The molecule has 1 aromatic rings. The lowest BCUT2D eigenvalue weighted by atomic mass is 9.76. The Hall–Kier alpha value is -1.52. The van der Waals surface area contributed by atoms with E-state index in [2.05, 4.69) is 5.32 Å². The van der Waals surface area contributed by atoms with Crippen molar-refractivity contribution in [2.24, 2.45) is 11.8 Å². The van der Waals surface area contributed by atoms with Crippen molar-refractivity contribution in [2.45, 2.75) is 33.2 Å². The van der Waals surface area contributed by atoms with Gasteiger partial charge in [-0.05, 0) is 44.4 Å². The van der Waals surface area contributed by atoms with Crippen molar-refractivity contribution in [3.8, 4) is 0 Å². The summed E-state index contributed by atoms with van der Waals surface area (Å²) in [5, 5.41) is 13.1. The molecule has 2 rings (SSSR count). The van der Waals surface area contributed by atoms with Gasteiger partial charge >= 0.3 is 5.97 Å². The van der Waals surface area contributed by atoms with Gasteiger partial charge in [0.15, 0.2) is 0 Å². The Bertz CT molecular complexity index is 670. The molecular weight excluding hydrogens is 337 g/mol. The predicted octanol–water partition coefficient (Wildman–Crippen LogP) is 4.06. The van der Waals surface area contributed by atoms with Crippen LogP contribution >= 0.6 is 23.2 Å². The largest absolute Gasteiger partial charge is 0.481 e. The van der Waals surface area contributed by atoms with Crippen molar-refractivity contribution in [3.63, 3.8) is 0 Å². The molecule has 2 N–H and O–H groups in total. The molecule has 0 saturated carbocycles. The molecule has 6 heteroatoms. The van der Waals surface area contributed by atoms with E-state index in [1.165, 1.54) is 0 Å². The van der Waals surface area contributed by atoms with Crippen LogP contribution in [-0.4, -0.2) is 17.0 Å². The van der Waals surface area contributed by atoms with Crippen molar-refractivity contribution in [1.82, 2.24) is 5.32 Å². The third kappa shape index (κ3) is 4.27. The number of carboxylic acid groups (broad SMARTS) is 1. The third-order valence-electron chi connectivity index (χ3n) is 4.37. The van der Waals surface area contributed by atoms with Gasteiger partial charge in [-0.1, -0.05) is 40.4 Å². The Kier molecular flexibility index (Phi) is 5.71. The Labute approximate surface area is 145 Å². The quantitative estimate of drug-likeness (QED) is 0.800. The molecule has 124 valence electrons. The average molecular weight is 356 g/mol. The fraction of sp³-hybridized carbons (Fsp3) is 0.412. The molecule has 2 unspecified atom stereocenters. The number of hydrogen-bond donors (Lipinski definition) is 2. The number of benzene rings is 1. The summed E-state index contributed by atoms with van der Waals surface area (Å²) in [6.45, 7) is 4.17. The minimum absolute atomic E-state index is 0.240. The fourth-order valence-electron chi connectivity index (χ4n) is 2.80. The molecule has 1 amide bonds. The number of allylic oxidation sites excluding steroid dienone is 2. The average Bonchev–Trinajstić information content (AvgIpc) is 2.50. The second-order valence-electron chi connectivity index (χ2n) is 5.99. The van der Waals surface area contributed by atoms with E-state index in [-0.39, 0.29) is 5.91 Å². The van der Waals surface area contributed by atoms with Gasteiger partial charge in [0.25, 0.3) is 0 Å². The molecule has 0 bridgehead atoms. The smallest absolute Gasteiger partial charge is 0.307 e. The Morgan fingerprint density at radius 3 is 2.30 bits per heavy atom. The zero-order valence-electron chi connectivity index (χ0n) is 13.0. The van der Waals surface area contributed by atoms with Crippen molar-refractivity contribution < 1.29 is 14.7 Å². The van der Waals surface area contributed by atoms with Gasteiger partial charge in [-0.3, -0.25) is 9.59 Å². The summed E-state index contributed by atoms with van der Waals surface area (Å²) in [5.41, 5.74) is 2.97. The van der Waals surface area contributed by atoms with E-state index in [1.54, 1.807) is 18.2 Å². The van der Waals surface area contributed by atoms with Crippen molar-refractivity contribution in [3.05, 3.63) is 45.0 Å². The van der Waals surface area contributed by atoms with Crippen molar-refractivity contribution in [2.75, 3.05) is 0 Å². The molecule has 0 radical (unpaired) electrons. The first-order chi connectivity index (χ1) is 10.8. The second kappa shape index (κ2) is 7.37. The second-order valence-corrected chi connectivity index (χ2v) is 6.80. The van der Waals surface area contributed by atoms with Gasteiger partial charge in [-0.2, -0.15) is 0 Å². The van der Waals surface area contributed by atoms with Gasteiger partial charge in [0.2, 0.25) is 5.91 Å². The first-order valence-corrected chi connectivity index (χ1v) is 8.15. The lowest BCUT2D eigenvalue weighted by molar-refractivity contribution is -0.147. The maximum Gasteiger partial charge on any atom is 0.307 e. The van der Waals surface area contributed by atoms with E-state index in [9.17, 15) is 14.7 Å². The van der Waals surface area contributed by atoms with Crippen LogP contribution in [0.1, 0.15) is 32.3 Å². The van der Waals surface area contributed by atoms with Crippen LogP contribution in [-0.2, 0) is 16.1 Å². The molecule has 0 aromatic heterocycles. The van der Waals surface area contributed by atoms with Gasteiger partial charge in [0.1, 0.15) is 0 Å². The van der Waals surface area contributed by atoms with Gasteiger partial charge < -0.3 is 10.4 Å². The molecule has 0 fully saturated rings. The summed E-state index contributed by atoms with van der Waals surface area (Å²) >= 11 is 11.8. The van der Waals surface area contributed by atoms with E-state index in [0.29, 0.717) is 29.4 Å². The van der Waals surface area contributed by atoms with Gasteiger partial charge in [0, 0.05) is 6.54 Å². The zero-order valence-corrected chi connectivity index (χ0v) is 14.5. The van der Waals surface area contributed by atoms with Crippen LogP contribution in [0.25, 0.3) is 0 Å². The maximum absolute atomic E-state index is 12.4. The molecule has 23 heavy (non-hydrogen) atoms. The highest BCUT2D eigenvalue weighted by Crippen LogP contribution is 2.34. The van der Waals surface area contributed by atoms with Crippen molar-refractivity contribution >= 4 is 35.1 Å².